The molecule has 3 rings (SSSR count). The number of piperidine rings is 1. The third kappa shape index (κ3) is 4.00. The SMILES string of the molecule is Cl.O=C(N[C@H]1CCCNC1)c1ccn(-c2cccc(Cl)c2)n1. The van der Waals surface area contributed by atoms with E-state index in [0.717, 1.165) is 31.6 Å². The van der Waals surface area contributed by atoms with Crippen LogP contribution in [0.1, 0.15) is 23.3 Å². The molecule has 1 fully saturated rings. The van der Waals surface area contributed by atoms with Gasteiger partial charge >= 0.3 is 0 Å². The third-order valence-corrected chi connectivity index (χ3v) is 3.76. The zero-order chi connectivity index (χ0) is 14.7. The number of rotatable bonds is 3. The van der Waals surface area contributed by atoms with Crippen molar-refractivity contribution in [3.63, 3.8) is 0 Å². The van der Waals surface area contributed by atoms with Gasteiger partial charge in [-0.25, -0.2) is 4.68 Å². The molecule has 2 N–H and O–H groups in total. The maximum Gasteiger partial charge on any atom is 0.272 e. The molecular formula is C15H18Cl2N4O. The fourth-order valence-corrected chi connectivity index (χ4v) is 2.63. The van der Waals surface area contributed by atoms with Crippen molar-refractivity contribution in [1.82, 2.24) is 20.4 Å². The lowest BCUT2D eigenvalue weighted by atomic mass is 10.1. The van der Waals surface area contributed by atoms with E-state index in [4.69, 9.17) is 11.6 Å². The van der Waals surface area contributed by atoms with Gasteiger partial charge < -0.3 is 10.6 Å². The molecule has 5 nitrogen and oxygen atoms in total. The Kier molecular flexibility index (Phi) is 5.83. The van der Waals surface area contributed by atoms with Crippen LogP contribution in [-0.4, -0.2) is 34.8 Å². The van der Waals surface area contributed by atoms with Crippen molar-refractivity contribution in [3.8, 4) is 5.69 Å². The molecular weight excluding hydrogens is 323 g/mol. The van der Waals surface area contributed by atoms with Gasteiger partial charge in [-0.15, -0.1) is 12.4 Å². The lowest BCUT2D eigenvalue weighted by molar-refractivity contribution is 0.0925. The average molecular weight is 341 g/mol. The predicted octanol–water partition coefficient (Wildman–Crippen LogP) is 2.43. The summed E-state index contributed by atoms with van der Waals surface area (Å²) in [5, 5.41) is 11.2. The number of hydrogen-bond acceptors (Lipinski definition) is 3. The van der Waals surface area contributed by atoms with Crippen LogP contribution in [0.2, 0.25) is 5.02 Å². The molecule has 0 radical (unpaired) electrons. The lowest BCUT2D eigenvalue weighted by Gasteiger charge is -2.23. The summed E-state index contributed by atoms with van der Waals surface area (Å²) < 4.78 is 1.65. The van der Waals surface area contributed by atoms with E-state index in [1.807, 2.05) is 12.1 Å². The van der Waals surface area contributed by atoms with Gasteiger partial charge in [0, 0.05) is 23.8 Å². The van der Waals surface area contributed by atoms with Crippen molar-refractivity contribution in [2.45, 2.75) is 18.9 Å². The monoisotopic (exact) mass is 340 g/mol. The summed E-state index contributed by atoms with van der Waals surface area (Å²) in [5.41, 5.74) is 1.25. The molecule has 2 heterocycles. The first-order valence-electron chi connectivity index (χ1n) is 7.05. The van der Waals surface area contributed by atoms with Crippen molar-refractivity contribution in [3.05, 3.63) is 47.2 Å². The number of amides is 1. The Hall–Kier alpha value is -1.56. The van der Waals surface area contributed by atoms with Gasteiger partial charge in [-0.1, -0.05) is 17.7 Å². The average Bonchev–Trinajstić information content (AvgIpc) is 2.98. The maximum atomic E-state index is 12.2. The summed E-state index contributed by atoms with van der Waals surface area (Å²) in [6.07, 6.45) is 3.86. The number of carbonyl (C=O) groups is 1. The van der Waals surface area contributed by atoms with E-state index in [2.05, 4.69) is 15.7 Å². The molecule has 22 heavy (non-hydrogen) atoms. The molecule has 1 atom stereocenters. The van der Waals surface area contributed by atoms with E-state index in [-0.39, 0.29) is 24.4 Å². The summed E-state index contributed by atoms with van der Waals surface area (Å²) in [4.78, 5) is 12.2. The number of nitrogens with one attached hydrogen (secondary N) is 2. The highest BCUT2D eigenvalue weighted by Gasteiger charge is 2.17. The maximum absolute atomic E-state index is 12.2. The Balaban J connectivity index is 0.00000176. The molecule has 1 aliphatic heterocycles. The Bertz CT molecular complexity index is 638. The molecule has 118 valence electrons. The Labute approximate surface area is 140 Å². The van der Waals surface area contributed by atoms with Crippen molar-refractivity contribution in [2.24, 2.45) is 0 Å². The molecule has 0 aliphatic carbocycles. The molecule has 1 aromatic heterocycles. The minimum absolute atomic E-state index is 0. The van der Waals surface area contributed by atoms with Crippen LogP contribution in [0, 0.1) is 0 Å². The van der Waals surface area contributed by atoms with Gasteiger partial charge in [-0.05, 0) is 43.7 Å². The highest BCUT2D eigenvalue weighted by molar-refractivity contribution is 6.30. The van der Waals surface area contributed by atoms with E-state index >= 15 is 0 Å². The van der Waals surface area contributed by atoms with Crippen LogP contribution < -0.4 is 10.6 Å². The molecule has 1 amide bonds. The molecule has 0 spiro atoms. The van der Waals surface area contributed by atoms with E-state index in [0.29, 0.717) is 10.7 Å². The largest absolute Gasteiger partial charge is 0.347 e. The number of benzene rings is 1. The van der Waals surface area contributed by atoms with Crippen LogP contribution in [0.15, 0.2) is 36.5 Å². The highest BCUT2D eigenvalue weighted by Crippen LogP contribution is 2.14. The van der Waals surface area contributed by atoms with Crippen molar-refractivity contribution >= 4 is 29.9 Å². The summed E-state index contributed by atoms with van der Waals surface area (Å²) in [5.74, 6) is -0.135. The topological polar surface area (TPSA) is 59.0 Å². The number of aromatic nitrogens is 2. The second-order valence-corrected chi connectivity index (χ2v) is 5.58. The van der Waals surface area contributed by atoms with E-state index in [9.17, 15) is 4.79 Å². The first-order valence-corrected chi connectivity index (χ1v) is 7.43. The number of carbonyl (C=O) groups excluding carboxylic acids is 1. The minimum Gasteiger partial charge on any atom is -0.347 e. The van der Waals surface area contributed by atoms with Crippen LogP contribution in [0.5, 0.6) is 0 Å². The Morgan fingerprint density at radius 2 is 2.27 bits per heavy atom. The molecule has 1 saturated heterocycles. The second kappa shape index (κ2) is 7.63. The molecule has 7 heteroatoms. The van der Waals surface area contributed by atoms with Crippen molar-refractivity contribution < 1.29 is 4.79 Å². The van der Waals surface area contributed by atoms with Gasteiger partial charge in [0.25, 0.3) is 5.91 Å². The number of hydrogen-bond donors (Lipinski definition) is 2. The smallest absolute Gasteiger partial charge is 0.272 e. The lowest BCUT2D eigenvalue weighted by Crippen LogP contribution is -2.45. The van der Waals surface area contributed by atoms with Gasteiger partial charge in [0.05, 0.1) is 5.69 Å². The normalized spacial score (nSPS) is 17.6. The zero-order valence-corrected chi connectivity index (χ0v) is 13.5. The quantitative estimate of drug-likeness (QED) is 0.902. The first kappa shape index (κ1) is 16.8. The molecule has 0 saturated carbocycles. The molecule has 0 unspecified atom stereocenters. The fraction of sp³-hybridized carbons (Fsp3) is 0.333. The van der Waals surface area contributed by atoms with Crippen LogP contribution >= 0.6 is 24.0 Å². The van der Waals surface area contributed by atoms with Crippen LogP contribution in [0.25, 0.3) is 5.69 Å². The Morgan fingerprint density at radius 3 is 3.00 bits per heavy atom. The third-order valence-electron chi connectivity index (χ3n) is 3.53. The second-order valence-electron chi connectivity index (χ2n) is 5.14. The van der Waals surface area contributed by atoms with Gasteiger partial charge in [0.15, 0.2) is 5.69 Å². The minimum atomic E-state index is -0.135. The van der Waals surface area contributed by atoms with Crippen molar-refractivity contribution in [1.29, 1.82) is 0 Å². The van der Waals surface area contributed by atoms with Crippen LogP contribution in [0.4, 0.5) is 0 Å². The summed E-state index contributed by atoms with van der Waals surface area (Å²) in [6.45, 7) is 1.84. The van der Waals surface area contributed by atoms with Crippen molar-refractivity contribution in [2.75, 3.05) is 13.1 Å². The van der Waals surface area contributed by atoms with E-state index < -0.39 is 0 Å². The van der Waals surface area contributed by atoms with Gasteiger partial charge in [-0.2, -0.15) is 5.10 Å². The van der Waals surface area contributed by atoms with Crippen LogP contribution in [0.3, 0.4) is 0 Å². The summed E-state index contributed by atoms with van der Waals surface area (Å²) in [7, 11) is 0. The fourth-order valence-electron chi connectivity index (χ4n) is 2.44. The molecule has 1 aromatic carbocycles. The van der Waals surface area contributed by atoms with Crippen LogP contribution in [-0.2, 0) is 0 Å². The molecule has 1 aliphatic rings. The first-order chi connectivity index (χ1) is 10.2. The highest BCUT2D eigenvalue weighted by atomic mass is 35.5. The summed E-state index contributed by atoms with van der Waals surface area (Å²) >= 11 is 5.97. The number of nitrogens with zero attached hydrogens (tertiary/aromatic N) is 2. The van der Waals surface area contributed by atoms with E-state index in [1.165, 1.54) is 0 Å². The summed E-state index contributed by atoms with van der Waals surface area (Å²) in [6, 6.07) is 9.26. The Morgan fingerprint density at radius 1 is 1.41 bits per heavy atom. The standard InChI is InChI=1S/C15H17ClN4O.ClH/c16-11-3-1-5-13(9-11)20-8-6-14(19-20)15(21)18-12-4-2-7-17-10-12;/h1,3,5-6,8-9,12,17H,2,4,7,10H2,(H,18,21);1H/t12-;/m0./s1. The number of halogens is 2. The molecule has 2 aromatic rings. The predicted molar refractivity (Wildman–Crippen MR) is 89.2 cm³/mol. The zero-order valence-electron chi connectivity index (χ0n) is 12.0. The van der Waals surface area contributed by atoms with Gasteiger partial charge in [0.2, 0.25) is 0 Å². The van der Waals surface area contributed by atoms with Gasteiger partial charge in [-0.3, -0.25) is 4.79 Å². The van der Waals surface area contributed by atoms with Gasteiger partial charge in [0.1, 0.15) is 0 Å². The molecule has 0 bridgehead atoms. The van der Waals surface area contributed by atoms with E-state index in [1.54, 1.807) is 29.1 Å².